The predicted octanol–water partition coefficient (Wildman–Crippen LogP) is 1.85. The summed E-state index contributed by atoms with van der Waals surface area (Å²) in [6.07, 6.45) is 6.11. The monoisotopic (exact) mass is 227 g/mol. The molecule has 1 N–H and O–H groups in total. The summed E-state index contributed by atoms with van der Waals surface area (Å²) in [5, 5.41) is 10.3. The normalized spacial score (nSPS) is 38.8. The first-order chi connectivity index (χ1) is 7.70. The Hall–Kier alpha value is -0.120. The lowest BCUT2D eigenvalue weighted by molar-refractivity contribution is -0.0482. The van der Waals surface area contributed by atoms with E-state index in [1.165, 1.54) is 25.7 Å². The summed E-state index contributed by atoms with van der Waals surface area (Å²) < 4.78 is 5.34. The summed E-state index contributed by atoms with van der Waals surface area (Å²) in [6, 6.07) is 0. The van der Waals surface area contributed by atoms with E-state index in [-0.39, 0.29) is 6.23 Å². The largest absolute Gasteiger partial charge is 0.380 e. The van der Waals surface area contributed by atoms with E-state index in [4.69, 9.17) is 4.74 Å². The standard InChI is InChI=1S/C13H25NO2/c1-10-3-5-11(6-4-10)13(15)14-8-7-12(9-14)16-2/h10-13,15H,3-9H2,1-2H3. The number of hydrogen-bond acceptors (Lipinski definition) is 3. The van der Waals surface area contributed by atoms with Gasteiger partial charge in [0.05, 0.1) is 6.10 Å². The molecule has 0 radical (unpaired) electrons. The highest BCUT2D eigenvalue weighted by Gasteiger charge is 2.33. The second-order valence-electron chi connectivity index (χ2n) is 5.57. The molecular formula is C13H25NO2. The summed E-state index contributed by atoms with van der Waals surface area (Å²) in [4.78, 5) is 2.20. The second-order valence-corrected chi connectivity index (χ2v) is 5.57. The molecule has 1 aliphatic carbocycles. The average Bonchev–Trinajstić information content (AvgIpc) is 2.77. The topological polar surface area (TPSA) is 32.7 Å². The number of nitrogens with zero attached hydrogens (tertiary/aromatic N) is 1. The van der Waals surface area contributed by atoms with Gasteiger partial charge in [-0.1, -0.05) is 19.8 Å². The zero-order valence-corrected chi connectivity index (χ0v) is 10.6. The Morgan fingerprint density at radius 1 is 1.19 bits per heavy atom. The van der Waals surface area contributed by atoms with Crippen LogP contribution in [0.4, 0.5) is 0 Å². The van der Waals surface area contributed by atoms with E-state index in [9.17, 15) is 5.11 Å². The van der Waals surface area contributed by atoms with E-state index >= 15 is 0 Å². The maximum Gasteiger partial charge on any atom is 0.110 e. The molecular weight excluding hydrogens is 202 g/mol. The van der Waals surface area contributed by atoms with Gasteiger partial charge in [0.25, 0.3) is 0 Å². The lowest BCUT2D eigenvalue weighted by Gasteiger charge is -2.34. The van der Waals surface area contributed by atoms with Crippen molar-refractivity contribution in [2.75, 3.05) is 20.2 Å². The van der Waals surface area contributed by atoms with Crippen molar-refractivity contribution in [2.24, 2.45) is 11.8 Å². The first kappa shape index (κ1) is 12.3. The van der Waals surface area contributed by atoms with Gasteiger partial charge in [-0.2, -0.15) is 0 Å². The molecule has 1 heterocycles. The molecule has 3 nitrogen and oxygen atoms in total. The number of likely N-dealkylation sites (tertiary alicyclic amines) is 1. The molecule has 2 rings (SSSR count). The number of rotatable bonds is 3. The Morgan fingerprint density at radius 2 is 1.88 bits per heavy atom. The van der Waals surface area contributed by atoms with Crippen LogP contribution in [0.3, 0.4) is 0 Å². The second kappa shape index (κ2) is 5.48. The van der Waals surface area contributed by atoms with Crippen LogP contribution < -0.4 is 0 Å². The lowest BCUT2D eigenvalue weighted by atomic mass is 9.82. The summed E-state index contributed by atoms with van der Waals surface area (Å²) in [7, 11) is 1.77. The van der Waals surface area contributed by atoms with E-state index < -0.39 is 0 Å². The minimum absolute atomic E-state index is 0.229. The molecule has 94 valence electrons. The molecule has 2 aliphatic rings. The Kier molecular flexibility index (Phi) is 4.22. The van der Waals surface area contributed by atoms with Gasteiger partial charge in [0.2, 0.25) is 0 Å². The van der Waals surface area contributed by atoms with E-state index in [0.717, 1.165) is 25.4 Å². The molecule has 1 saturated carbocycles. The Labute approximate surface area is 98.8 Å². The summed E-state index contributed by atoms with van der Waals surface area (Å²) in [5.41, 5.74) is 0. The van der Waals surface area contributed by atoms with Crippen LogP contribution in [0.1, 0.15) is 39.0 Å². The summed E-state index contributed by atoms with van der Waals surface area (Å²) in [5.74, 6) is 1.35. The van der Waals surface area contributed by atoms with Gasteiger partial charge in [0.15, 0.2) is 0 Å². The van der Waals surface area contributed by atoms with Crippen molar-refractivity contribution in [3.05, 3.63) is 0 Å². The smallest absolute Gasteiger partial charge is 0.110 e. The van der Waals surface area contributed by atoms with Crippen molar-refractivity contribution in [1.82, 2.24) is 4.90 Å². The third kappa shape index (κ3) is 2.76. The van der Waals surface area contributed by atoms with Gasteiger partial charge in [-0.3, -0.25) is 4.90 Å². The molecule has 0 aromatic carbocycles. The van der Waals surface area contributed by atoms with Gasteiger partial charge in [0, 0.05) is 20.2 Å². The van der Waals surface area contributed by atoms with Crippen molar-refractivity contribution in [2.45, 2.75) is 51.4 Å². The predicted molar refractivity (Wildman–Crippen MR) is 64.1 cm³/mol. The molecule has 0 spiro atoms. The summed E-state index contributed by atoms with van der Waals surface area (Å²) >= 11 is 0. The molecule has 16 heavy (non-hydrogen) atoms. The molecule has 1 aliphatic heterocycles. The van der Waals surface area contributed by atoms with Crippen LogP contribution in [0, 0.1) is 11.8 Å². The number of ether oxygens (including phenoxy) is 1. The fourth-order valence-corrected chi connectivity index (χ4v) is 3.07. The minimum atomic E-state index is -0.229. The molecule has 0 aromatic heterocycles. The molecule has 2 unspecified atom stereocenters. The van der Waals surface area contributed by atoms with Crippen LogP contribution in [0.15, 0.2) is 0 Å². The fraction of sp³-hybridized carbons (Fsp3) is 1.00. The highest BCUT2D eigenvalue weighted by atomic mass is 16.5. The molecule has 0 aromatic rings. The fourth-order valence-electron chi connectivity index (χ4n) is 3.07. The Bertz CT molecular complexity index is 212. The molecule has 3 heteroatoms. The van der Waals surface area contributed by atoms with E-state index in [2.05, 4.69) is 11.8 Å². The van der Waals surface area contributed by atoms with Crippen molar-refractivity contribution in [3.8, 4) is 0 Å². The Morgan fingerprint density at radius 3 is 2.44 bits per heavy atom. The summed E-state index contributed by atoms with van der Waals surface area (Å²) in [6.45, 7) is 4.22. The highest BCUT2D eigenvalue weighted by Crippen LogP contribution is 2.32. The van der Waals surface area contributed by atoms with Crippen LogP contribution in [0.5, 0.6) is 0 Å². The van der Waals surface area contributed by atoms with Crippen molar-refractivity contribution in [3.63, 3.8) is 0 Å². The van der Waals surface area contributed by atoms with Crippen LogP contribution >= 0.6 is 0 Å². The quantitative estimate of drug-likeness (QED) is 0.798. The van der Waals surface area contributed by atoms with Crippen molar-refractivity contribution < 1.29 is 9.84 Å². The number of aliphatic hydroxyl groups is 1. The Balaban J connectivity index is 1.81. The molecule has 0 amide bonds. The number of aliphatic hydroxyl groups excluding tert-OH is 1. The van der Waals surface area contributed by atoms with E-state index in [1.807, 2.05) is 0 Å². The molecule has 1 saturated heterocycles. The molecule has 0 bridgehead atoms. The van der Waals surface area contributed by atoms with Gasteiger partial charge in [-0.05, 0) is 31.1 Å². The van der Waals surface area contributed by atoms with Crippen LogP contribution in [0.2, 0.25) is 0 Å². The highest BCUT2D eigenvalue weighted by molar-refractivity contribution is 4.82. The lowest BCUT2D eigenvalue weighted by Crippen LogP contribution is -2.41. The minimum Gasteiger partial charge on any atom is -0.380 e. The number of methoxy groups -OCH3 is 1. The average molecular weight is 227 g/mol. The van der Waals surface area contributed by atoms with Crippen molar-refractivity contribution in [1.29, 1.82) is 0 Å². The molecule has 2 fully saturated rings. The zero-order chi connectivity index (χ0) is 11.5. The third-order valence-electron chi connectivity index (χ3n) is 4.37. The number of hydrogen-bond donors (Lipinski definition) is 1. The maximum atomic E-state index is 10.3. The molecule has 2 atom stereocenters. The van der Waals surface area contributed by atoms with Gasteiger partial charge >= 0.3 is 0 Å². The van der Waals surface area contributed by atoms with Crippen LogP contribution in [0.25, 0.3) is 0 Å². The first-order valence-electron chi connectivity index (χ1n) is 6.65. The van der Waals surface area contributed by atoms with Crippen LogP contribution in [-0.4, -0.2) is 42.5 Å². The van der Waals surface area contributed by atoms with E-state index in [1.54, 1.807) is 7.11 Å². The SMILES string of the molecule is COC1CCN(C(O)C2CCC(C)CC2)C1. The maximum absolute atomic E-state index is 10.3. The van der Waals surface area contributed by atoms with Crippen molar-refractivity contribution >= 4 is 0 Å². The van der Waals surface area contributed by atoms with Gasteiger partial charge in [-0.15, -0.1) is 0 Å². The van der Waals surface area contributed by atoms with Gasteiger partial charge < -0.3 is 9.84 Å². The van der Waals surface area contributed by atoms with Gasteiger partial charge in [0.1, 0.15) is 6.23 Å². The van der Waals surface area contributed by atoms with Gasteiger partial charge in [-0.25, -0.2) is 0 Å². The van der Waals surface area contributed by atoms with Crippen LogP contribution in [-0.2, 0) is 4.74 Å². The first-order valence-corrected chi connectivity index (χ1v) is 6.65. The van der Waals surface area contributed by atoms with E-state index in [0.29, 0.717) is 12.0 Å². The zero-order valence-electron chi connectivity index (χ0n) is 10.6. The third-order valence-corrected chi connectivity index (χ3v) is 4.37.